The fourth-order valence-corrected chi connectivity index (χ4v) is 2.53. The molecule has 0 radical (unpaired) electrons. The maximum atomic E-state index is 12.3. The van der Waals surface area contributed by atoms with Crippen LogP contribution in [0.4, 0.5) is 13.2 Å². The van der Waals surface area contributed by atoms with Gasteiger partial charge in [-0.05, 0) is 17.7 Å². The van der Waals surface area contributed by atoms with Crippen molar-refractivity contribution < 1.29 is 17.9 Å². The molecule has 0 amide bonds. The number of alkyl halides is 3. The Bertz CT molecular complexity index is 709. The third kappa shape index (κ3) is 6.50. The summed E-state index contributed by atoms with van der Waals surface area (Å²) in [5.74, 6) is 2.91. The van der Waals surface area contributed by atoms with Crippen LogP contribution in [0.2, 0.25) is 19.6 Å². The number of aliphatic imine (C=N–C) groups is 1. The zero-order valence-corrected chi connectivity index (χ0v) is 14.8. The number of hydrogen-bond donors (Lipinski definition) is 0. The first-order chi connectivity index (χ1) is 11.1. The van der Waals surface area contributed by atoms with Gasteiger partial charge in [0.05, 0.1) is 5.57 Å². The third-order valence-electron chi connectivity index (χ3n) is 2.91. The van der Waals surface area contributed by atoms with Gasteiger partial charge < -0.3 is 9.64 Å². The Morgan fingerprint density at radius 1 is 1.29 bits per heavy atom. The summed E-state index contributed by atoms with van der Waals surface area (Å²) in [7, 11) is -1.47. The molecule has 0 bridgehead atoms. The number of benzene rings is 1. The molecule has 2 rings (SSSR count). The van der Waals surface area contributed by atoms with Crippen molar-refractivity contribution >= 4 is 14.3 Å². The Balaban J connectivity index is 2.08. The van der Waals surface area contributed by atoms with Crippen LogP contribution in [0.5, 0.6) is 5.75 Å². The van der Waals surface area contributed by atoms with E-state index in [-0.39, 0.29) is 5.75 Å². The maximum Gasteiger partial charge on any atom is 0.573 e. The molecule has 0 spiro atoms. The number of hydrogen-bond acceptors (Lipinski definition) is 3. The number of ether oxygens (including phenoxy) is 1. The van der Waals surface area contributed by atoms with Gasteiger partial charge in [-0.3, -0.25) is 4.99 Å². The van der Waals surface area contributed by atoms with E-state index < -0.39 is 14.4 Å². The van der Waals surface area contributed by atoms with Gasteiger partial charge in [-0.2, -0.15) is 0 Å². The third-order valence-corrected chi connectivity index (χ3v) is 3.79. The average molecular weight is 352 g/mol. The second-order valence-corrected chi connectivity index (χ2v) is 11.2. The van der Waals surface area contributed by atoms with Crippen molar-refractivity contribution in [3.8, 4) is 17.2 Å². The molecule has 1 aliphatic rings. The molecule has 1 aliphatic heterocycles. The molecule has 0 fully saturated rings. The van der Waals surface area contributed by atoms with Crippen molar-refractivity contribution in [3.05, 3.63) is 41.6 Å². The smallest absolute Gasteiger partial charge is 0.406 e. The van der Waals surface area contributed by atoms with Crippen molar-refractivity contribution in [2.24, 2.45) is 4.99 Å². The van der Waals surface area contributed by atoms with Gasteiger partial charge in [0.2, 0.25) is 0 Å². The predicted octanol–water partition coefficient (Wildman–Crippen LogP) is 4.19. The molecule has 0 aliphatic carbocycles. The van der Waals surface area contributed by atoms with Crippen LogP contribution in [0.3, 0.4) is 0 Å². The number of halogens is 3. The molecule has 3 nitrogen and oxygen atoms in total. The van der Waals surface area contributed by atoms with Gasteiger partial charge in [-0.25, -0.2) is 0 Å². The van der Waals surface area contributed by atoms with Crippen LogP contribution in [-0.2, 0) is 6.54 Å². The van der Waals surface area contributed by atoms with E-state index in [1.54, 1.807) is 18.3 Å². The highest BCUT2D eigenvalue weighted by Crippen LogP contribution is 2.24. The first-order valence-electron chi connectivity index (χ1n) is 7.44. The van der Waals surface area contributed by atoms with Gasteiger partial charge >= 0.3 is 6.36 Å². The fraction of sp³-hybridized carbons (Fsp3) is 0.353. The monoisotopic (exact) mass is 352 g/mol. The minimum absolute atomic E-state index is 0.219. The summed E-state index contributed by atoms with van der Waals surface area (Å²) in [5, 5.41) is 0. The molecule has 0 saturated carbocycles. The molecular weight excluding hydrogens is 333 g/mol. The van der Waals surface area contributed by atoms with Crippen LogP contribution in [0, 0.1) is 11.5 Å². The van der Waals surface area contributed by atoms with E-state index in [9.17, 15) is 13.2 Å². The molecule has 24 heavy (non-hydrogen) atoms. The van der Waals surface area contributed by atoms with Crippen LogP contribution in [0.15, 0.2) is 41.0 Å². The van der Waals surface area contributed by atoms with E-state index in [0.717, 1.165) is 5.57 Å². The molecule has 7 heteroatoms. The Morgan fingerprint density at radius 2 is 2.04 bits per heavy atom. The number of nitrogens with zero attached hydrogens (tertiary/aromatic N) is 2. The van der Waals surface area contributed by atoms with Gasteiger partial charge in [0, 0.05) is 19.0 Å². The predicted molar refractivity (Wildman–Crippen MR) is 91.2 cm³/mol. The van der Waals surface area contributed by atoms with Crippen molar-refractivity contribution in [3.63, 3.8) is 0 Å². The van der Waals surface area contributed by atoms with E-state index in [0.29, 0.717) is 18.8 Å². The average Bonchev–Trinajstić information content (AvgIpc) is 2.43. The SMILES string of the molecule is C[Si](C)(C)C#CC1=CN(Cc2cccc(OC(F)(F)F)c2)CN=C1. The zero-order chi connectivity index (χ0) is 17.8. The van der Waals surface area contributed by atoms with Crippen LogP contribution >= 0.6 is 0 Å². The standard InChI is InChI=1S/C17H19F3N2OSi/c1-24(2,3)8-7-15-10-21-13-22(12-15)11-14-5-4-6-16(9-14)23-17(18,19)20/h4-6,9-10,12H,11,13H2,1-3H3. The van der Waals surface area contributed by atoms with Crippen LogP contribution in [0.1, 0.15) is 5.56 Å². The molecule has 0 aromatic heterocycles. The van der Waals surface area contributed by atoms with Gasteiger partial charge in [-0.15, -0.1) is 18.7 Å². The summed E-state index contributed by atoms with van der Waals surface area (Å²) in [6.45, 7) is 7.35. The quantitative estimate of drug-likeness (QED) is 0.602. The van der Waals surface area contributed by atoms with Crippen molar-refractivity contribution in [1.82, 2.24) is 4.90 Å². The highest BCUT2D eigenvalue weighted by atomic mass is 28.3. The molecular formula is C17H19F3N2OSi. The van der Waals surface area contributed by atoms with E-state index in [4.69, 9.17) is 0 Å². The summed E-state index contributed by atoms with van der Waals surface area (Å²) >= 11 is 0. The summed E-state index contributed by atoms with van der Waals surface area (Å²) in [4.78, 5) is 6.16. The zero-order valence-electron chi connectivity index (χ0n) is 13.8. The lowest BCUT2D eigenvalue weighted by molar-refractivity contribution is -0.274. The summed E-state index contributed by atoms with van der Waals surface area (Å²) in [6, 6.07) is 5.96. The minimum Gasteiger partial charge on any atom is -0.406 e. The van der Waals surface area contributed by atoms with E-state index >= 15 is 0 Å². The van der Waals surface area contributed by atoms with Gasteiger partial charge in [0.25, 0.3) is 0 Å². The number of rotatable bonds is 3. The largest absolute Gasteiger partial charge is 0.573 e. The maximum absolute atomic E-state index is 12.3. The first-order valence-corrected chi connectivity index (χ1v) is 10.9. The van der Waals surface area contributed by atoms with Crippen molar-refractivity contribution in [2.75, 3.05) is 6.67 Å². The highest BCUT2D eigenvalue weighted by Gasteiger charge is 2.31. The highest BCUT2D eigenvalue weighted by molar-refractivity contribution is 6.83. The fourth-order valence-electron chi connectivity index (χ4n) is 2.01. The van der Waals surface area contributed by atoms with E-state index in [1.165, 1.54) is 12.1 Å². The lowest BCUT2D eigenvalue weighted by Gasteiger charge is -2.21. The summed E-state index contributed by atoms with van der Waals surface area (Å²) in [5.41, 5.74) is 4.79. The molecule has 128 valence electrons. The van der Waals surface area contributed by atoms with Crippen molar-refractivity contribution in [1.29, 1.82) is 0 Å². The lowest BCUT2D eigenvalue weighted by atomic mass is 10.2. The van der Waals surface area contributed by atoms with Gasteiger partial charge in [-0.1, -0.05) is 37.7 Å². The second-order valence-electron chi connectivity index (χ2n) is 6.48. The second kappa shape index (κ2) is 7.14. The Kier molecular flexibility index (Phi) is 5.39. The molecule has 0 N–H and O–H groups in total. The molecule has 0 saturated heterocycles. The van der Waals surface area contributed by atoms with Gasteiger partial charge in [0.1, 0.15) is 20.5 Å². The number of allylic oxidation sites excluding steroid dienone is 1. The minimum atomic E-state index is -4.69. The molecule has 1 aromatic carbocycles. The normalized spacial score (nSPS) is 14.8. The van der Waals surface area contributed by atoms with E-state index in [1.807, 2.05) is 11.1 Å². The topological polar surface area (TPSA) is 24.8 Å². The van der Waals surface area contributed by atoms with E-state index in [2.05, 4.69) is 40.8 Å². The Labute approximate surface area is 140 Å². The summed E-state index contributed by atoms with van der Waals surface area (Å²) in [6.07, 6.45) is -1.07. The summed E-state index contributed by atoms with van der Waals surface area (Å²) < 4.78 is 40.8. The molecule has 1 aromatic rings. The lowest BCUT2D eigenvalue weighted by Crippen LogP contribution is -2.22. The van der Waals surface area contributed by atoms with Crippen LogP contribution < -0.4 is 4.74 Å². The molecule has 1 heterocycles. The first kappa shape index (κ1) is 18.1. The van der Waals surface area contributed by atoms with Crippen LogP contribution in [0.25, 0.3) is 0 Å². The van der Waals surface area contributed by atoms with Crippen molar-refractivity contribution in [2.45, 2.75) is 32.5 Å². The Hall–Kier alpha value is -2.20. The molecule has 0 unspecified atom stereocenters. The Morgan fingerprint density at radius 3 is 2.71 bits per heavy atom. The van der Waals surface area contributed by atoms with Crippen LogP contribution in [-0.4, -0.2) is 32.2 Å². The molecule has 0 atom stereocenters. The van der Waals surface area contributed by atoms with Gasteiger partial charge in [0.15, 0.2) is 0 Å².